The normalized spacial score (nSPS) is 11.6. The van der Waals surface area contributed by atoms with E-state index in [0.717, 1.165) is 16.7 Å². The number of hydrogen-bond donors (Lipinski definition) is 1. The van der Waals surface area contributed by atoms with Crippen molar-refractivity contribution in [3.05, 3.63) is 53.6 Å². The Morgan fingerprint density at radius 2 is 1.71 bits per heavy atom. The molecule has 2 aromatic rings. The maximum absolute atomic E-state index is 10.2. The minimum Gasteiger partial charge on any atom is -0.508 e. The molecule has 0 saturated heterocycles. The van der Waals surface area contributed by atoms with E-state index in [0.29, 0.717) is 22.1 Å². The van der Waals surface area contributed by atoms with Crippen molar-refractivity contribution in [3.63, 3.8) is 0 Å². The molecule has 0 spiro atoms. The highest BCUT2D eigenvalue weighted by Crippen LogP contribution is 2.31. The summed E-state index contributed by atoms with van der Waals surface area (Å²) in [7, 11) is 0.404. The standard InChI is InChI=1S/C18H22O2Si/c1-13-8-10-14(11-9-13)15-6-5-7-17(19)16(15)12-20-21-18(2,3)4/h5-11,19H,12H2,1-4H3. The predicted octanol–water partition coefficient (Wildman–Crippen LogP) is 4.72. The minimum atomic E-state index is 0.147. The number of aromatic hydroxyl groups is 1. The zero-order valence-corrected chi connectivity index (χ0v) is 14.1. The number of benzene rings is 2. The molecule has 3 heteroatoms. The van der Waals surface area contributed by atoms with E-state index in [1.54, 1.807) is 6.07 Å². The van der Waals surface area contributed by atoms with Crippen LogP contribution in [0.25, 0.3) is 11.1 Å². The first-order valence-electron chi connectivity index (χ1n) is 7.14. The molecule has 0 amide bonds. The summed E-state index contributed by atoms with van der Waals surface area (Å²) in [6.45, 7) is 8.96. The topological polar surface area (TPSA) is 29.5 Å². The van der Waals surface area contributed by atoms with Crippen LogP contribution < -0.4 is 0 Å². The highest BCUT2D eigenvalue weighted by atomic mass is 28.2. The Labute approximate surface area is 129 Å². The van der Waals surface area contributed by atoms with Crippen LogP contribution in [0, 0.1) is 6.92 Å². The van der Waals surface area contributed by atoms with Crippen molar-refractivity contribution in [2.45, 2.75) is 39.3 Å². The number of hydrogen-bond acceptors (Lipinski definition) is 2. The van der Waals surface area contributed by atoms with Crippen molar-refractivity contribution in [3.8, 4) is 16.9 Å². The fourth-order valence-corrected chi connectivity index (χ4v) is 2.70. The van der Waals surface area contributed by atoms with Gasteiger partial charge in [0.1, 0.15) is 5.75 Å². The monoisotopic (exact) mass is 298 g/mol. The molecular formula is C18H22O2Si. The van der Waals surface area contributed by atoms with Gasteiger partial charge < -0.3 is 9.53 Å². The van der Waals surface area contributed by atoms with E-state index in [1.807, 2.05) is 12.1 Å². The third-order valence-electron chi connectivity index (χ3n) is 3.11. The van der Waals surface area contributed by atoms with Gasteiger partial charge in [0, 0.05) is 5.56 Å². The molecule has 0 aromatic heterocycles. The summed E-state index contributed by atoms with van der Waals surface area (Å²) in [5.41, 5.74) is 4.23. The fourth-order valence-electron chi connectivity index (χ4n) is 2.05. The van der Waals surface area contributed by atoms with Gasteiger partial charge in [-0.15, -0.1) is 0 Å². The van der Waals surface area contributed by atoms with E-state index >= 15 is 0 Å². The van der Waals surface area contributed by atoms with Gasteiger partial charge in [-0.2, -0.15) is 0 Å². The lowest BCUT2D eigenvalue weighted by Crippen LogP contribution is -2.12. The van der Waals surface area contributed by atoms with Crippen LogP contribution in [-0.2, 0) is 11.0 Å². The molecular weight excluding hydrogens is 276 g/mol. The van der Waals surface area contributed by atoms with Crippen molar-refractivity contribution < 1.29 is 9.53 Å². The third-order valence-corrected chi connectivity index (χ3v) is 4.01. The molecule has 2 radical (unpaired) electrons. The molecule has 2 rings (SSSR count). The van der Waals surface area contributed by atoms with Crippen LogP contribution in [0.5, 0.6) is 5.75 Å². The molecule has 1 N–H and O–H groups in total. The van der Waals surface area contributed by atoms with E-state index in [2.05, 4.69) is 52.0 Å². The summed E-state index contributed by atoms with van der Waals surface area (Å²) in [5.74, 6) is 0.298. The molecule has 0 unspecified atom stereocenters. The maximum Gasteiger partial charge on any atom is 0.236 e. The predicted molar refractivity (Wildman–Crippen MR) is 88.5 cm³/mol. The second kappa shape index (κ2) is 6.46. The SMILES string of the molecule is Cc1ccc(-c2cccc(O)c2CO[Si]C(C)(C)C)cc1. The van der Waals surface area contributed by atoms with Crippen molar-refractivity contribution >= 4 is 9.76 Å². The van der Waals surface area contributed by atoms with Crippen molar-refractivity contribution in [1.82, 2.24) is 0 Å². The number of phenols is 1. The summed E-state index contributed by atoms with van der Waals surface area (Å²) >= 11 is 0. The smallest absolute Gasteiger partial charge is 0.236 e. The summed E-state index contributed by atoms with van der Waals surface area (Å²) in [4.78, 5) is 0. The second-order valence-corrected chi connectivity index (χ2v) is 8.30. The lowest BCUT2D eigenvalue weighted by molar-refractivity contribution is 0.303. The zero-order chi connectivity index (χ0) is 15.5. The molecule has 0 aliphatic rings. The molecule has 0 aliphatic heterocycles. The summed E-state index contributed by atoms with van der Waals surface area (Å²) in [6.07, 6.45) is 0. The second-order valence-electron chi connectivity index (χ2n) is 6.31. The fraction of sp³-hybridized carbons (Fsp3) is 0.333. The lowest BCUT2D eigenvalue weighted by atomic mass is 9.98. The molecule has 0 saturated carbocycles. The van der Waals surface area contributed by atoms with Crippen LogP contribution in [-0.4, -0.2) is 14.9 Å². The van der Waals surface area contributed by atoms with Crippen LogP contribution in [0.15, 0.2) is 42.5 Å². The van der Waals surface area contributed by atoms with Crippen molar-refractivity contribution in [1.29, 1.82) is 0 Å². The Hall–Kier alpha value is -1.58. The largest absolute Gasteiger partial charge is 0.508 e. The van der Waals surface area contributed by atoms with Crippen LogP contribution >= 0.6 is 0 Å². The third kappa shape index (κ3) is 4.44. The van der Waals surface area contributed by atoms with E-state index < -0.39 is 0 Å². The number of rotatable bonds is 4. The first-order chi connectivity index (χ1) is 9.87. The van der Waals surface area contributed by atoms with Gasteiger partial charge in [0.2, 0.25) is 9.76 Å². The quantitative estimate of drug-likeness (QED) is 0.827. The van der Waals surface area contributed by atoms with E-state index in [-0.39, 0.29) is 5.04 Å². The number of phenolic OH excluding ortho intramolecular Hbond substituents is 1. The summed E-state index contributed by atoms with van der Waals surface area (Å²) < 4.78 is 5.82. The summed E-state index contributed by atoms with van der Waals surface area (Å²) in [5, 5.41) is 10.3. The number of aryl methyl sites for hydroxylation is 1. The average Bonchev–Trinajstić information content (AvgIpc) is 2.40. The molecule has 2 nitrogen and oxygen atoms in total. The van der Waals surface area contributed by atoms with Gasteiger partial charge in [0.05, 0.1) is 6.61 Å². The van der Waals surface area contributed by atoms with Gasteiger partial charge in [0.15, 0.2) is 0 Å². The lowest BCUT2D eigenvalue weighted by Gasteiger charge is -2.17. The van der Waals surface area contributed by atoms with Gasteiger partial charge in [-0.25, -0.2) is 0 Å². The van der Waals surface area contributed by atoms with Gasteiger partial charge >= 0.3 is 0 Å². The van der Waals surface area contributed by atoms with Crippen LogP contribution in [0.1, 0.15) is 31.9 Å². The van der Waals surface area contributed by atoms with Crippen LogP contribution in [0.2, 0.25) is 5.04 Å². The first-order valence-corrected chi connectivity index (χ1v) is 8.04. The summed E-state index contributed by atoms with van der Waals surface area (Å²) in [6, 6.07) is 14.0. The van der Waals surface area contributed by atoms with Gasteiger partial charge in [-0.3, -0.25) is 0 Å². The molecule has 0 fully saturated rings. The maximum atomic E-state index is 10.2. The Kier molecular flexibility index (Phi) is 4.86. The van der Waals surface area contributed by atoms with Crippen LogP contribution in [0.3, 0.4) is 0 Å². The first kappa shape index (κ1) is 15.8. The molecule has 0 bridgehead atoms. The molecule has 0 heterocycles. The average molecular weight is 298 g/mol. The van der Waals surface area contributed by atoms with Crippen molar-refractivity contribution in [2.75, 3.05) is 0 Å². The Morgan fingerprint density at radius 3 is 2.33 bits per heavy atom. The Balaban J connectivity index is 2.26. The zero-order valence-electron chi connectivity index (χ0n) is 13.1. The van der Waals surface area contributed by atoms with Gasteiger partial charge in [-0.05, 0) is 29.2 Å². The molecule has 0 aliphatic carbocycles. The molecule has 21 heavy (non-hydrogen) atoms. The Morgan fingerprint density at radius 1 is 1.05 bits per heavy atom. The van der Waals surface area contributed by atoms with E-state index in [9.17, 15) is 5.11 Å². The van der Waals surface area contributed by atoms with Crippen LogP contribution in [0.4, 0.5) is 0 Å². The van der Waals surface area contributed by atoms with Gasteiger partial charge in [-0.1, -0.05) is 62.7 Å². The minimum absolute atomic E-state index is 0.147. The highest BCUT2D eigenvalue weighted by molar-refractivity contribution is 6.31. The molecule has 110 valence electrons. The van der Waals surface area contributed by atoms with Crippen molar-refractivity contribution in [2.24, 2.45) is 0 Å². The van der Waals surface area contributed by atoms with E-state index in [1.165, 1.54) is 5.56 Å². The molecule has 2 aromatic carbocycles. The highest BCUT2D eigenvalue weighted by Gasteiger charge is 2.15. The Bertz CT molecular complexity index is 598. The van der Waals surface area contributed by atoms with Gasteiger partial charge in [0.25, 0.3) is 0 Å². The molecule has 0 atom stereocenters. The van der Waals surface area contributed by atoms with E-state index in [4.69, 9.17) is 4.43 Å².